The van der Waals surface area contributed by atoms with Crippen molar-refractivity contribution in [2.75, 3.05) is 19.2 Å². The topological polar surface area (TPSA) is 67.9 Å². The monoisotopic (exact) mass is 356 g/mol. The summed E-state index contributed by atoms with van der Waals surface area (Å²) in [6.07, 6.45) is -0.538. The fourth-order valence-electron chi connectivity index (χ4n) is 2.57. The lowest BCUT2D eigenvalue weighted by Gasteiger charge is -2.25. The summed E-state index contributed by atoms with van der Waals surface area (Å²) in [7, 11) is 2.49. The van der Waals surface area contributed by atoms with Crippen LogP contribution in [0.1, 0.15) is 23.6 Å². The third kappa shape index (κ3) is 4.14. The number of hydrogen-bond donors (Lipinski definition) is 1. The van der Waals surface area contributed by atoms with Gasteiger partial charge >= 0.3 is 12.2 Å². The highest BCUT2D eigenvalue weighted by Crippen LogP contribution is 2.33. The third-order valence-electron chi connectivity index (χ3n) is 4.27. The number of carbonyl (C=O) groups is 2. The molecule has 0 unspecified atom stereocenters. The zero-order chi connectivity index (χ0) is 19.3. The Bertz CT molecular complexity index is 800. The molecule has 0 fully saturated rings. The average molecular weight is 356 g/mol. The van der Waals surface area contributed by atoms with E-state index in [1.165, 1.54) is 19.8 Å². The van der Waals surface area contributed by atoms with Crippen LogP contribution >= 0.6 is 0 Å². The Kier molecular flexibility index (Phi) is 6.22. The van der Waals surface area contributed by atoms with E-state index in [1.54, 1.807) is 0 Å². The first-order valence-electron chi connectivity index (χ1n) is 8.34. The van der Waals surface area contributed by atoms with Crippen LogP contribution in [0.3, 0.4) is 0 Å². The molecule has 0 aliphatic rings. The molecule has 2 rings (SSSR count). The Labute approximate surface area is 153 Å². The summed E-state index contributed by atoms with van der Waals surface area (Å²) in [5, 5.41) is 1.06. The van der Waals surface area contributed by atoms with Crippen LogP contribution in [0.15, 0.2) is 36.4 Å². The second-order valence-electron chi connectivity index (χ2n) is 5.91. The van der Waals surface area contributed by atoms with Gasteiger partial charge in [0.25, 0.3) is 0 Å². The number of benzene rings is 2. The molecule has 0 saturated carbocycles. The van der Waals surface area contributed by atoms with E-state index < -0.39 is 12.2 Å². The van der Waals surface area contributed by atoms with Crippen molar-refractivity contribution in [1.82, 2.24) is 5.43 Å². The van der Waals surface area contributed by atoms with Crippen LogP contribution in [0.4, 0.5) is 15.3 Å². The molecular weight excluding hydrogens is 332 g/mol. The van der Waals surface area contributed by atoms with Gasteiger partial charge in [-0.15, -0.1) is 0 Å². The summed E-state index contributed by atoms with van der Waals surface area (Å²) in [4.78, 5) is 24.0. The molecule has 138 valence electrons. The molecule has 26 heavy (non-hydrogen) atoms. The lowest BCUT2D eigenvalue weighted by atomic mass is 9.97. The highest BCUT2D eigenvalue weighted by Gasteiger charge is 2.23. The third-order valence-corrected chi connectivity index (χ3v) is 4.27. The van der Waals surface area contributed by atoms with Crippen molar-refractivity contribution in [2.45, 2.75) is 27.2 Å². The highest BCUT2D eigenvalue weighted by atomic mass is 16.6. The number of hydrazine groups is 1. The SMILES string of the molecule is CCc1ccc(-c2cc(C)c(C)cc2N(NC(=O)OC)C(=O)OC)cc1. The molecule has 2 amide bonds. The van der Waals surface area contributed by atoms with Gasteiger partial charge < -0.3 is 9.47 Å². The molecule has 6 heteroatoms. The Morgan fingerprint density at radius 3 is 2.15 bits per heavy atom. The molecule has 2 aromatic rings. The van der Waals surface area contributed by atoms with Gasteiger partial charge in [-0.3, -0.25) is 0 Å². The number of ether oxygens (including phenoxy) is 2. The van der Waals surface area contributed by atoms with E-state index in [0.29, 0.717) is 5.69 Å². The van der Waals surface area contributed by atoms with E-state index in [0.717, 1.165) is 33.7 Å². The molecule has 0 heterocycles. The Hall–Kier alpha value is -3.02. The van der Waals surface area contributed by atoms with Gasteiger partial charge in [-0.1, -0.05) is 31.2 Å². The van der Waals surface area contributed by atoms with Crippen LogP contribution in [0, 0.1) is 13.8 Å². The number of hydrogen-bond acceptors (Lipinski definition) is 4. The van der Waals surface area contributed by atoms with Crippen LogP contribution in [0.5, 0.6) is 0 Å². The zero-order valence-corrected chi connectivity index (χ0v) is 15.8. The molecule has 0 bridgehead atoms. The number of amides is 2. The molecule has 6 nitrogen and oxygen atoms in total. The Morgan fingerprint density at radius 2 is 1.62 bits per heavy atom. The lowest BCUT2D eigenvalue weighted by molar-refractivity contribution is 0.157. The zero-order valence-electron chi connectivity index (χ0n) is 15.8. The maximum absolute atomic E-state index is 12.3. The molecular formula is C20H24N2O4. The van der Waals surface area contributed by atoms with Gasteiger partial charge in [0.15, 0.2) is 0 Å². The fraction of sp³-hybridized carbons (Fsp3) is 0.300. The largest absolute Gasteiger partial charge is 0.452 e. The minimum absolute atomic E-state index is 0.509. The lowest BCUT2D eigenvalue weighted by Crippen LogP contribution is -2.46. The van der Waals surface area contributed by atoms with E-state index in [9.17, 15) is 9.59 Å². The maximum Gasteiger partial charge on any atom is 0.433 e. The molecule has 2 aromatic carbocycles. The molecule has 0 saturated heterocycles. The molecule has 0 radical (unpaired) electrons. The predicted octanol–water partition coefficient (Wildman–Crippen LogP) is 4.38. The smallest absolute Gasteiger partial charge is 0.433 e. The Balaban J connectivity index is 2.61. The summed E-state index contributed by atoms with van der Waals surface area (Å²) in [5.41, 5.74) is 7.93. The summed E-state index contributed by atoms with van der Waals surface area (Å²) in [5.74, 6) is 0. The van der Waals surface area contributed by atoms with E-state index >= 15 is 0 Å². The summed E-state index contributed by atoms with van der Waals surface area (Å²) >= 11 is 0. The number of rotatable bonds is 3. The Morgan fingerprint density at radius 1 is 1.00 bits per heavy atom. The van der Waals surface area contributed by atoms with E-state index in [2.05, 4.69) is 17.1 Å². The van der Waals surface area contributed by atoms with Crippen molar-refractivity contribution < 1.29 is 19.1 Å². The van der Waals surface area contributed by atoms with E-state index in [1.807, 2.05) is 50.2 Å². The van der Waals surface area contributed by atoms with Gasteiger partial charge in [0.05, 0.1) is 19.9 Å². The van der Waals surface area contributed by atoms with Crippen LogP contribution in [-0.4, -0.2) is 26.4 Å². The van der Waals surface area contributed by atoms with Crippen molar-refractivity contribution in [3.63, 3.8) is 0 Å². The van der Waals surface area contributed by atoms with Gasteiger partial charge in [0.1, 0.15) is 0 Å². The van der Waals surface area contributed by atoms with Crippen molar-refractivity contribution in [3.05, 3.63) is 53.1 Å². The maximum atomic E-state index is 12.3. The number of nitrogens with zero attached hydrogens (tertiary/aromatic N) is 1. The molecule has 0 spiro atoms. The van der Waals surface area contributed by atoms with Gasteiger partial charge in [-0.25, -0.2) is 15.0 Å². The van der Waals surface area contributed by atoms with Crippen LogP contribution < -0.4 is 10.4 Å². The van der Waals surface area contributed by atoms with Crippen LogP contribution in [-0.2, 0) is 15.9 Å². The van der Waals surface area contributed by atoms with E-state index in [4.69, 9.17) is 4.74 Å². The second kappa shape index (κ2) is 8.38. The van der Waals surface area contributed by atoms with Gasteiger partial charge in [0.2, 0.25) is 0 Å². The van der Waals surface area contributed by atoms with Gasteiger partial charge in [-0.05, 0) is 54.7 Å². The van der Waals surface area contributed by atoms with Crippen LogP contribution in [0.2, 0.25) is 0 Å². The fourth-order valence-corrected chi connectivity index (χ4v) is 2.57. The van der Waals surface area contributed by atoms with Crippen molar-refractivity contribution in [1.29, 1.82) is 0 Å². The van der Waals surface area contributed by atoms with Gasteiger partial charge in [-0.2, -0.15) is 5.01 Å². The first kappa shape index (κ1) is 19.3. The number of carbonyl (C=O) groups excluding carboxylic acids is 2. The highest BCUT2D eigenvalue weighted by molar-refractivity contribution is 5.96. The first-order valence-corrected chi connectivity index (χ1v) is 8.34. The summed E-state index contributed by atoms with van der Waals surface area (Å²) < 4.78 is 9.45. The number of anilines is 1. The van der Waals surface area contributed by atoms with E-state index in [-0.39, 0.29) is 0 Å². The predicted molar refractivity (Wildman–Crippen MR) is 101 cm³/mol. The molecule has 1 N–H and O–H groups in total. The standard InChI is InChI=1S/C20H24N2O4/c1-6-15-7-9-16(10-8-15)17-11-13(2)14(3)12-18(17)22(20(24)26-5)21-19(23)25-4/h7-12H,6H2,1-5H3,(H,21,23). The van der Waals surface area contributed by atoms with Crippen LogP contribution in [0.25, 0.3) is 11.1 Å². The first-order chi connectivity index (χ1) is 12.4. The molecule has 0 atom stereocenters. The normalized spacial score (nSPS) is 10.2. The summed E-state index contributed by atoms with van der Waals surface area (Å²) in [6, 6.07) is 11.9. The summed E-state index contributed by atoms with van der Waals surface area (Å²) in [6.45, 7) is 6.03. The van der Waals surface area contributed by atoms with Crippen molar-refractivity contribution >= 4 is 17.9 Å². The molecule has 0 aliphatic carbocycles. The van der Waals surface area contributed by atoms with Crippen molar-refractivity contribution in [2.24, 2.45) is 0 Å². The molecule has 0 aliphatic heterocycles. The minimum atomic E-state index is -0.763. The minimum Gasteiger partial charge on any atom is -0.452 e. The second-order valence-corrected chi connectivity index (χ2v) is 5.91. The number of methoxy groups -OCH3 is 2. The van der Waals surface area contributed by atoms with Gasteiger partial charge in [0, 0.05) is 5.56 Å². The average Bonchev–Trinajstić information content (AvgIpc) is 2.67. The number of nitrogens with one attached hydrogen (secondary N) is 1. The molecule has 0 aromatic heterocycles. The van der Waals surface area contributed by atoms with Crippen molar-refractivity contribution in [3.8, 4) is 11.1 Å². The number of aryl methyl sites for hydroxylation is 3. The quantitative estimate of drug-likeness (QED) is 0.829.